The molecule has 3 N–H and O–H groups in total. The summed E-state index contributed by atoms with van der Waals surface area (Å²) in [5.41, 5.74) is 0. The Labute approximate surface area is 56.1 Å². The first kappa shape index (κ1) is 8.87. The van der Waals surface area contributed by atoms with Crippen molar-refractivity contribution >= 4 is 9.92 Å². The molecule has 0 fully saturated rings. The van der Waals surface area contributed by atoms with Crippen LogP contribution in [0.15, 0.2) is 4.36 Å². The topological polar surface area (TPSA) is 67.5 Å². The lowest BCUT2D eigenvalue weighted by molar-refractivity contribution is 0.665. The van der Waals surface area contributed by atoms with Crippen molar-refractivity contribution in [2.45, 2.75) is 19.9 Å². The smallest absolute Gasteiger partial charge is 0.117 e. The molecule has 0 aliphatic heterocycles. The van der Waals surface area contributed by atoms with Gasteiger partial charge in [0.25, 0.3) is 0 Å². The van der Waals surface area contributed by atoms with E-state index >= 15 is 0 Å². The fourth-order valence-corrected chi connectivity index (χ4v) is 1.30. The van der Waals surface area contributed by atoms with Crippen molar-refractivity contribution in [1.82, 2.24) is 4.83 Å². The zero-order chi connectivity index (χ0) is 7.49. The van der Waals surface area contributed by atoms with Gasteiger partial charge in [-0.1, -0.05) is 0 Å². The second-order valence-corrected chi connectivity index (χ2v) is 4.17. The van der Waals surface area contributed by atoms with Crippen LogP contribution in [0.1, 0.15) is 13.8 Å². The van der Waals surface area contributed by atoms with E-state index in [0.29, 0.717) is 0 Å². The minimum Gasteiger partial charge on any atom is -0.259 e. The summed E-state index contributed by atoms with van der Waals surface area (Å²) in [6.07, 6.45) is 1.47. The van der Waals surface area contributed by atoms with E-state index in [2.05, 4.69) is 9.19 Å². The molecule has 1 unspecified atom stereocenters. The lowest BCUT2D eigenvalue weighted by Crippen LogP contribution is -2.29. The van der Waals surface area contributed by atoms with Crippen molar-refractivity contribution < 1.29 is 4.21 Å². The maximum atomic E-state index is 11.0. The van der Waals surface area contributed by atoms with E-state index in [0.717, 1.165) is 0 Å². The molecule has 56 valence electrons. The molecular weight excluding hydrogens is 138 g/mol. The molecule has 0 aliphatic carbocycles. The van der Waals surface area contributed by atoms with Crippen LogP contribution in [0.4, 0.5) is 0 Å². The molecule has 0 amide bonds. The molecular formula is C4H13N3OS. The molecule has 0 aromatic rings. The summed E-state index contributed by atoms with van der Waals surface area (Å²) in [6, 6.07) is 0.0542. The lowest BCUT2D eigenvalue weighted by Gasteiger charge is -2.02. The fourth-order valence-electron chi connectivity index (χ4n) is 0.433. The highest BCUT2D eigenvalue weighted by Gasteiger charge is 1.95. The van der Waals surface area contributed by atoms with Crippen molar-refractivity contribution in [2.24, 2.45) is 10.2 Å². The van der Waals surface area contributed by atoms with Gasteiger partial charge in [-0.3, -0.25) is 5.84 Å². The van der Waals surface area contributed by atoms with E-state index in [1.54, 1.807) is 0 Å². The number of nitrogens with zero attached hydrogens (tertiary/aromatic N) is 1. The summed E-state index contributed by atoms with van der Waals surface area (Å²) in [4.78, 5) is 2.13. The first-order valence-electron chi connectivity index (χ1n) is 2.66. The Bertz CT molecular complexity index is 180. The van der Waals surface area contributed by atoms with Gasteiger partial charge in [0.2, 0.25) is 0 Å². The molecule has 0 heterocycles. The van der Waals surface area contributed by atoms with Gasteiger partial charge in [0, 0.05) is 6.26 Å². The predicted octanol–water partition coefficient (Wildman–Crippen LogP) is -0.129. The second-order valence-electron chi connectivity index (χ2n) is 2.12. The van der Waals surface area contributed by atoms with E-state index in [1.807, 2.05) is 13.8 Å². The van der Waals surface area contributed by atoms with Crippen LogP contribution in [0.5, 0.6) is 0 Å². The minimum absolute atomic E-state index is 0.0542. The quantitative estimate of drug-likeness (QED) is 0.426. The minimum atomic E-state index is -2.32. The van der Waals surface area contributed by atoms with Gasteiger partial charge in [-0.15, -0.1) is 0 Å². The molecule has 0 saturated carbocycles. The third kappa shape index (κ3) is 4.38. The van der Waals surface area contributed by atoms with Crippen molar-refractivity contribution in [3.05, 3.63) is 0 Å². The molecule has 0 bridgehead atoms. The van der Waals surface area contributed by atoms with Gasteiger partial charge >= 0.3 is 0 Å². The van der Waals surface area contributed by atoms with Crippen molar-refractivity contribution in [3.63, 3.8) is 0 Å². The number of rotatable bonds is 2. The summed E-state index contributed by atoms with van der Waals surface area (Å²) in [5.74, 6) is 4.94. The SMILES string of the molecule is CC(C)N=S(C)(=O)NN. The number of hydrazine groups is 1. The van der Waals surface area contributed by atoms with Crippen molar-refractivity contribution in [3.8, 4) is 0 Å². The Morgan fingerprint density at radius 3 is 2.22 bits per heavy atom. The monoisotopic (exact) mass is 151 g/mol. The average Bonchev–Trinajstić information content (AvgIpc) is 1.63. The second kappa shape index (κ2) is 3.14. The normalized spacial score (nSPS) is 17.4. The van der Waals surface area contributed by atoms with Crippen LogP contribution < -0.4 is 10.7 Å². The average molecular weight is 151 g/mol. The highest BCUT2D eigenvalue weighted by atomic mass is 32.2. The largest absolute Gasteiger partial charge is 0.259 e. The van der Waals surface area contributed by atoms with Gasteiger partial charge in [0.05, 0.1) is 6.04 Å². The molecule has 0 aliphatic rings. The summed E-state index contributed by atoms with van der Waals surface area (Å²) in [6.45, 7) is 3.70. The van der Waals surface area contributed by atoms with Gasteiger partial charge in [-0.25, -0.2) is 8.57 Å². The highest BCUT2D eigenvalue weighted by molar-refractivity contribution is 7.90. The van der Waals surface area contributed by atoms with E-state index in [1.165, 1.54) is 6.26 Å². The molecule has 9 heavy (non-hydrogen) atoms. The molecule has 0 aromatic heterocycles. The van der Waals surface area contributed by atoms with E-state index in [4.69, 9.17) is 5.84 Å². The Hall–Kier alpha value is -0.130. The van der Waals surface area contributed by atoms with Crippen molar-refractivity contribution in [1.29, 1.82) is 0 Å². The molecule has 0 saturated heterocycles. The maximum absolute atomic E-state index is 11.0. The first-order chi connectivity index (χ1) is 3.98. The van der Waals surface area contributed by atoms with Crippen LogP contribution in [-0.2, 0) is 9.92 Å². The van der Waals surface area contributed by atoms with Crippen LogP contribution in [0, 0.1) is 0 Å². The lowest BCUT2D eigenvalue weighted by atomic mass is 10.4. The van der Waals surface area contributed by atoms with Gasteiger partial charge in [0.1, 0.15) is 9.92 Å². The van der Waals surface area contributed by atoms with Gasteiger partial charge in [0.15, 0.2) is 0 Å². The molecule has 0 spiro atoms. The molecule has 0 radical (unpaired) electrons. The summed E-state index contributed by atoms with van der Waals surface area (Å²) in [5, 5.41) is 0. The molecule has 1 atom stereocenters. The summed E-state index contributed by atoms with van der Waals surface area (Å²) < 4.78 is 14.8. The Morgan fingerprint density at radius 2 is 2.11 bits per heavy atom. The van der Waals surface area contributed by atoms with Gasteiger partial charge in [-0.05, 0) is 13.8 Å². The van der Waals surface area contributed by atoms with Crippen LogP contribution in [-0.4, -0.2) is 16.5 Å². The number of hydrogen-bond acceptors (Lipinski definition) is 3. The zero-order valence-electron chi connectivity index (χ0n) is 5.92. The van der Waals surface area contributed by atoms with Crippen LogP contribution in [0.3, 0.4) is 0 Å². The van der Waals surface area contributed by atoms with Crippen LogP contribution in [0.2, 0.25) is 0 Å². The molecule has 0 rings (SSSR count). The third-order valence-electron chi connectivity index (χ3n) is 0.631. The van der Waals surface area contributed by atoms with E-state index in [9.17, 15) is 4.21 Å². The molecule has 4 nitrogen and oxygen atoms in total. The zero-order valence-corrected chi connectivity index (χ0v) is 6.73. The fraction of sp³-hybridized carbons (Fsp3) is 1.00. The predicted molar refractivity (Wildman–Crippen MR) is 39.0 cm³/mol. The summed E-state index contributed by atoms with van der Waals surface area (Å²) in [7, 11) is -2.32. The highest BCUT2D eigenvalue weighted by Crippen LogP contribution is 1.90. The van der Waals surface area contributed by atoms with E-state index < -0.39 is 9.92 Å². The standard InChI is InChI=1S/C4H13N3OS/c1-4(2)6-9(3,8)7-5/h4H,5H2,1-3H3,(H,6,7,8). The van der Waals surface area contributed by atoms with Gasteiger partial charge in [-0.2, -0.15) is 4.83 Å². The number of hydrogen-bond donors (Lipinski definition) is 2. The molecule has 0 aromatic carbocycles. The molecule has 5 heteroatoms. The Morgan fingerprint density at radius 1 is 1.67 bits per heavy atom. The maximum Gasteiger partial charge on any atom is 0.117 e. The Balaban J connectivity index is 4.30. The number of nitrogens with two attached hydrogens (primary N) is 1. The third-order valence-corrected chi connectivity index (χ3v) is 1.89. The van der Waals surface area contributed by atoms with Crippen LogP contribution >= 0.6 is 0 Å². The van der Waals surface area contributed by atoms with Crippen molar-refractivity contribution in [2.75, 3.05) is 6.26 Å². The van der Waals surface area contributed by atoms with Gasteiger partial charge < -0.3 is 0 Å². The first-order valence-corrected chi connectivity index (χ1v) is 4.59. The van der Waals surface area contributed by atoms with E-state index in [-0.39, 0.29) is 6.04 Å². The summed E-state index contributed by atoms with van der Waals surface area (Å²) >= 11 is 0. The van der Waals surface area contributed by atoms with Crippen LogP contribution in [0.25, 0.3) is 0 Å². The Kier molecular flexibility index (Phi) is 3.10. The number of nitrogens with one attached hydrogen (secondary N) is 1.